The summed E-state index contributed by atoms with van der Waals surface area (Å²) in [5, 5.41) is 5.71. The first-order chi connectivity index (χ1) is 21.7. The molecule has 0 spiro atoms. The third kappa shape index (κ3) is 15.9. The van der Waals surface area contributed by atoms with Gasteiger partial charge in [-0.25, -0.2) is 4.39 Å². The lowest BCUT2D eigenvalue weighted by Gasteiger charge is -2.14. The zero-order valence-corrected chi connectivity index (χ0v) is 27.6. The first-order valence-corrected chi connectivity index (χ1v) is 14.7. The summed E-state index contributed by atoms with van der Waals surface area (Å²) in [5.74, 6) is 0.543. The Bertz CT molecular complexity index is 1450. The molecule has 0 saturated heterocycles. The van der Waals surface area contributed by atoms with Crippen molar-refractivity contribution in [3.05, 3.63) is 78.1 Å². The van der Waals surface area contributed by atoms with Gasteiger partial charge >= 0.3 is 0 Å². The number of aliphatic imine (C=N–C) groups is 2. The van der Waals surface area contributed by atoms with Crippen LogP contribution >= 0.6 is 24.8 Å². The molecule has 0 unspecified atom stereocenters. The smallest absolute Gasteiger partial charge is 0.257 e. The van der Waals surface area contributed by atoms with E-state index in [0.29, 0.717) is 67.6 Å². The zero-order valence-electron chi connectivity index (χ0n) is 26.0. The topological polar surface area (TPSA) is 205 Å². The van der Waals surface area contributed by atoms with Gasteiger partial charge in [-0.1, -0.05) is 19.3 Å². The minimum absolute atomic E-state index is 0. The Morgan fingerprint density at radius 2 is 1.23 bits per heavy atom. The van der Waals surface area contributed by atoms with E-state index in [-0.39, 0.29) is 54.0 Å². The summed E-state index contributed by atoms with van der Waals surface area (Å²) >= 11 is 0. The summed E-state index contributed by atoms with van der Waals surface area (Å²) in [4.78, 5) is 34.0. The molecular formula is C32H43Cl2FN8O4. The minimum atomic E-state index is -0.441. The maximum absolute atomic E-state index is 13.4. The highest BCUT2D eigenvalue weighted by atomic mass is 35.5. The number of nitrogens with one attached hydrogen (secondary N) is 2. The van der Waals surface area contributed by atoms with Crippen molar-refractivity contribution in [1.29, 1.82) is 0 Å². The largest absolute Gasteiger partial charge is 0.494 e. The number of hydrogen-bond donors (Lipinski definition) is 6. The number of nitrogens with zero attached hydrogens (tertiary/aromatic N) is 2. The quantitative estimate of drug-likeness (QED) is 0.0584. The molecule has 0 saturated carbocycles. The normalized spacial score (nSPS) is 9.98. The van der Waals surface area contributed by atoms with Crippen LogP contribution in [0.2, 0.25) is 0 Å². The average Bonchev–Trinajstić information content (AvgIpc) is 3.00. The van der Waals surface area contributed by atoms with Gasteiger partial charge in [0.05, 0.1) is 17.9 Å². The Hall–Kier alpha value is -4.75. The molecule has 0 atom stereocenters. The van der Waals surface area contributed by atoms with Crippen LogP contribution in [0, 0.1) is 5.82 Å². The van der Waals surface area contributed by atoms with Gasteiger partial charge in [0.2, 0.25) is 5.91 Å². The predicted molar refractivity (Wildman–Crippen MR) is 190 cm³/mol. The fourth-order valence-electron chi connectivity index (χ4n) is 4.16. The predicted octanol–water partition coefficient (Wildman–Crippen LogP) is 5.31. The number of nitrogens with two attached hydrogens (primary N) is 4. The molecule has 3 rings (SSSR count). The average molecular weight is 694 g/mol. The van der Waals surface area contributed by atoms with Gasteiger partial charge in [-0.3, -0.25) is 19.6 Å². The van der Waals surface area contributed by atoms with E-state index < -0.39 is 5.91 Å². The number of amides is 2. The van der Waals surface area contributed by atoms with Crippen molar-refractivity contribution in [2.75, 3.05) is 30.3 Å². The Morgan fingerprint density at radius 3 is 1.87 bits per heavy atom. The molecule has 2 amide bonds. The van der Waals surface area contributed by atoms with E-state index in [1.165, 1.54) is 24.3 Å². The molecule has 47 heavy (non-hydrogen) atoms. The maximum atomic E-state index is 13.4. The minimum Gasteiger partial charge on any atom is -0.494 e. The van der Waals surface area contributed by atoms with Crippen LogP contribution in [0.25, 0.3) is 0 Å². The van der Waals surface area contributed by atoms with E-state index in [4.69, 9.17) is 32.4 Å². The van der Waals surface area contributed by atoms with Gasteiger partial charge in [0.1, 0.15) is 23.1 Å². The summed E-state index contributed by atoms with van der Waals surface area (Å²) in [6.45, 7) is 1.32. The summed E-state index contributed by atoms with van der Waals surface area (Å²) in [6, 6.07) is 17.3. The van der Waals surface area contributed by atoms with Crippen LogP contribution < -0.4 is 43.0 Å². The van der Waals surface area contributed by atoms with Gasteiger partial charge in [-0.15, -0.1) is 24.8 Å². The van der Waals surface area contributed by atoms with Crippen molar-refractivity contribution in [1.82, 2.24) is 0 Å². The van der Waals surface area contributed by atoms with Crippen LogP contribution in [0.3, 0.4) is 0 Å². The number of halogens is 3. The number of benzene rings is 3. The van der Waals surface area contributed by atoms with E-state index >= 15 is 0 Å². The Labute approximate surface area is 286 Å². The molecule has 0 aliphatic heterocycles. The Balaban J connectivity index is 0.00000552. The third-order valence-electron chi connectivity index (χ3n) is 6.39. The molecule has 0 aliphatic rings. The molecule has 256 valence electrons. The second-order valence-corrected chi connectivity index (χ2v) is 10.1. The molecule has 0 aromatic heterocycles. The second kappa shape index (κ2) is 21.9. The summed E-state index contributed by atoms with van der Waals surface area (Å²) in [7, 11) is 0. The van der Waals surface area contributed by atoms with Crippen molar-refractivity contribution in [3.8, 4) is 17.2 Å². The molecule has 0 aliphatic carbocycles. The Kier molecular flexibility index (Phi) is 18.8. The molecule has 0 bridgehead atoms. The zero-order chi connectivity index (χ0) is 32.4. The highest BCUT2D eigenvalue weighted by Gasteiger charge is 2.16. The summed E-state index contributed by atoms with van der Waals surface area (Å²) < 4.78 is 24.7. The van der Waals surface area contributed by atoms with Gasteiger partial charge in [0.15, 0.2) is 11.9 Å². The van der Waals surface area contributed by atoms with Crippen LogP contribution in [0.1, 0.15) is 55.3 Å². The van der Waals surface area contributed by atoms with Crippen molar-refractivity contribution in [3.63, 3.8) is 0 Å². The van der Waals surface area contributed by atoms with Crippen LogP contribution in [-0.2, 0) is 4.79 Å². The van der Waals surface area contributed by atoms with Crippen LogP contribution in [0.4, 0.5) is 15.8 Å². The van der Waals surface area contributed by atoms with Gasteiger partial charge < -0.3 is 43.0 Å². The van der Waals surface area contributed by atoms with Crippen LogP contribution in [0.15, 0.2) is 76.7 Å². The first-order valence-electron chi connectivity index (χ1n) is 14.7. The van der Waals surface area contributed by atoms with E-state index in [2.05, 4.69) is 20.6 Å². The molecule has 3 aromatic carbocycles. The van der Waals surface area contributed by atoms with E-state index in [1.54, 1.807) is 42.5 Å². The van der Waals surface area contributed by atoms with Crippen molar-refractivity contribution < 1.29 is 23.5 Å². The number of guanidine groups is 2. The lowest BCUT2D eigenvalue weighted by atomic mass is 10.1. The van der Waals surface area contributed by atoms with Gasteiger partial charge in [-0.05, 0) is 79.6 Å². The van der Waals surface area contributed by atoms with Crippen LogP contribution in [0.5, 0.6) is 17.2 Å². The lowest BCUT2D eigenvalue weighted by Crippen LogP contribution is -2.23. The molecule has 0 fully saturated rings. The second-order valence-electron chi connectivity index (χ2n) is 10.1. The highest BCUT2D eigenvalue weighted by molar-refractivity contribution is 6.10. The van der Waals surface area contributed by atoms with Crippen molar-refractivity contribution in [2.45, 2.75) is 44.9 Å². The fraction of sp³-hybridized carbons (Fsp3) is 0.312. The van der Waals surface area contributed by atoms with Crippen molar-refractivity contribution >= 4 is 59.9 Å². The van der Waals surface area contributed by atoms with Gasteiger partial charge in [-0.2, -0.15) is 0 Å². The maximum Gasteiger partial charge on any atom is 0.257 e. The number of unbranched alkanes of at least 4 members (excludes halogenated alkanes) is 4. The fourth-order valence-corrected chi connectivity index (χ4v) is 4.16. The van der Waals surface area contributed by atoms with E-state index in [9.17, 15) is 14.0 Å². The van der Waals surface area contributed by atoms with E-state index in [0.717, 1.165) is 25.7 Å². The molecule has 0 radical (unpaired) electrons. The van der Waals surface area contributed by atoms with Crippen molar-refractivity contribution in [2.24, 2.45) is 32.9 Å². The standard InChI is InChI=1S/C32H41FN8O4.2ClH/c33-22-8-12-24(13-9-22)45-25-14-10-23(11-15-25)40-30(43)27-21-26(44-20-6-19-39-32(36)37)16-17-28(27)41-29(42)7-4-2-1-3-5-18-38-31(34)35;;/h8-17,21H,1-7,18-20H2,(H,40,43)(H,41,42)(H4,34,35,38)(H4,36,37,39);2*1H. The molecular weight excluding hydrogens is 650 g/mol. The number of rotatable bonds is 18. The Morgan fingerprint density at radius 1 is 0.681 bits per heavy atom. The molecule has 3 aromatic rings. The molecule has 15 heteroatoms. The summed E-state index contributed by atoms with van der Waals surface area (Å²) in [6.07, 6.45) is 5.29. The number of anilines is 2. The molecule has 10 N–H and O–H groups in total. The van der Waals surface area contributed by atoms with Gasteiger partial charge in [0, 0.05) is 31.6 Å². The molecule has 12 nitrogen and oxygen atoms in total. The third-order valence-corrected chi connectivity index (χ3v) is 6.39. The van der Waals surface area contributed by atoms with E-state index in [1.807, 2.05) is 0 Å². The highest BCUT2D eigenvalue weighted by Crippen LogP contribution is 2.26. The number of carbonyl (C=O) groups is 2. The van der Waals surface area contributed by atoms with Gasteiger partial charge in [0.25, 0.3) is 5.91 Å². The lowest BCUT2D eigenvalue weighted by molar-refractivity contribution is -0.116. The first kappa shape index (κ1) is 40.3. The SMILES string of the molecule is Cl.Cl.NC(N)=NCCCCCCCC(=O)Nc1ccc(OCCCN=C(N)N)cc1C(=O)Nc1ccc(Oc2ccc(F)cc2)cc1. The number of ether oxygens (including phenoxy) is 2. The monoisotopic (exact) mass is 692 g/mol. The number of hydrogen-bond acceptors (Lipinski definition) is 6. The van der Waals surface area contributed by atoms with Crippen LogP contribution in [-0.4, -0.2) is 43.4 Å². The number of carbonyl (C=O) groups excluding carboxylic acids is 2. The summed E-state index contributed by atoms with van der Waals surface area (Å²) in [5.41, 5.74) is 22.5. The molecule has 0 heterocycles.